The van der Waals surface area contributed by atoms with Crippen LogP contribution in [0.4, 0.5) is 10.5 Å². The van der Waals surface area contributed by atoms with Crippen LogP contribution in [0.3, 0.4) is 0 Å². The maximum Gasteiger partial charge on any atom is 0.321 e. The van der Waals surface area contributed by atoms with Gasteiger partial charge in [-0.1, -0.05) is 26.0 Å². The molecular formula is C16H27N3O. The van der Waals surface area contributed by atoms with Gasteiger partial charge < -0.3 is 15.5 Å². The van der Waals surface area contributed by atoms with Gasteiger partial charge in [0.15, 0.2) is 0 Å². The molecule has 1 rings (SSSR count). The first-order valence-corrected chi connectivity index (χ1v) is 7.17. The summed E-state index contributed by atoms with van der Waals surface area (Å²) < 4.78 is 0. The van der Waals surface area contributed by atoms with Gasteiger partial charge in [-0.3, -0.25) is 0 Å². The number of nitrogens with zero attached hydrogens (tertiary/aromatic N) is 1. The summed E-state index contributed by atoms with van der Waals surface area (Å²) in [5.74, 6) is 0.432. The Hall–Kier alpha value is -1.55. The summed E-state index contributed by atoms with van der Waals surface area (Å²) in [7, 11) is 3.76. The molecular weight excluding hydrogens is 250 g/mol. The smallest absolute Gasteiger partial charge is 0.321 e. The van der Waals surface area contributed by atoms with Crippen LogP contribution in [0.25, 0.3) is 0 Å². The number of carbonyl (C=O) groups excluding carboxylic acids is 1. The number of rotatable bonds is 5. The zero-order valence-corrected chi connectivity index (χ0v) is 13.4. The first-order valence-electron chi connectivity index (χ1n) is 7.17. The van der Waals surface area contributed by atoms with E-state index in [1.54, 1.807) is 4.90 Å². The third-order valence-corrected chi connectivity index (χ3v) is 3.97. The molecule has 0 bridgehead atoms. The van der Waals surface area contributed by atoms with Crippen LogP contribution in [0.1, 0.15) is 39.3 Å². The summed E-state index contributed by atoms with van der Waals surface area (Å²) in [6.45, 7) is 8.38. The van der Waals surface area contributed by atoms with Crippen molar-refractivity contribution in [2.75, 3.05) is 19.4 Å². The lowest BCUT2D eigenvalue weighted by Gasteiger charge is -2.28. The third kappa shape index (κ3) is 4.23. The van der Waals surface area contributed by atoms with Crippen molar-refractivity contribution in [3.63, 3.8) is 0 Å². The highest BCUT2D eigenvalue weighted by Gasteiger charge is 2.18. The fraction of sp³-hybridized carbons (Fsp3) is 0.562. The number of hydrogen-bond donors (Lipinski definition) is 2. The van der Waals surface area contributed by atoms with Crippen molar-refractivity contribution >= 4 is 11.7 Å². The topological polar surface area (TPSA) is 44.4 Å². The lowest BCUT2D eigenvalue weighted by Crippen LogP contribution is -2.40. The third-order valence-electron chi connectivity index (χ3n) is 3.97. The Bertz CT molecular complexity index is 445. The number of carbonyl (C=O) groups is 1. The summed E-state index contributed by atoms with van der Waals surface area (Å²) >= 11 is 0. The second-order valence-corrected chi connectivity index (χ2v) is 5.66. The fourth-order valence-electron chi connectivity index (χ4n) is 1.90. The average molecular weight is 277 g/mol. The van der Waals surface area contributed by atoms with Crippen LogP contribution >= 0.6 is 0 Å². The Morgan fingerprint density at radius 3 is 2.40 bits per heavy atom. The molecule has 4 heteroatoms. The Labute approximate surface area is 122 Å². The van der Waals surface area contributed by atoms with Gasteiger partial charge in [0.2, 0.25) is 0 Å². The highest BCUT2D eigenvalue weighted by atomic mass is 16.2. The fourth-order valence-corrected chi connectivity index (χ4v) is 1.90. The van der Waals surface area contributed by atoms with Crippen LogP contribution in [-0.2, 0) is 0 Å². The van der Waals surface area contributed by atoms with Crippen LogP contribution in [0, 0.1) is 5.92 Å². The number of hydrogen-bond acceptors (Lipinski definition) is 2. The monoisotopic (exact) mass is 277 g/mol. The lowest BCUT2D eigenvalue weighted by molar-refractivity contribution is 0.193. The quantitative estimate of drug-likeness (QED) is 0.865. The Morgan fingerprint density at radius 1 is 1.20 bits per heavy atom. The van der Waals surface area contributed by atoms with Gasteiger partial charge in [-0.05, 0) is 44.5 Å². The van der Waals surface area contributed by atoms with Crippen molar-refractivity contribution in [2.24, 2.45) is 5.92 Å². The van der Waals surface area contributed by atoms with E-state index in [-0.39, 0.29) is 18.1 Å². The highest BCUT2D eigenvalue weighted by Crippen LogP contribution is 2.18. The summed E-state index contributed by atoms with van der Waals surface area (Å²) in [6, 6.07) is 8.33. The van der Waals surface area contributed by atoms with Gasteiger partial charge >= 0.3 is 6.03 Å². The molecule has 0 aliphatic carbocycles. The number of benzene rings is 1. The van der Waals surface area contributed by atoms with E-state index >= 15 is 0 Å². The van der Waals surface area contributed by atoms with Crippen molar-refractivity contribution in [3.8, 4) is 0 Å². The Balaban J connectivity index is 2.76. The minimum absolute atomic E-state index is 0.0690. The van der Waals surface area contributed by atoms with Crippen molar-refractivity contribution in [2.45, 2.75) is 39.8 Å². The van der Waals surface area contributed by atoms with E-state index in [1.807, 2.05) is 32.3 Å². The molecule has 0 aliphatic heterocycles. The first kappa shape index (κ1) is 16.5. The van der Waals surface area contributed by atoms with E-state index in [0.29, 0.717) is 5.92 Å². The van der Waals surface area contributed by atoms with Gasteiger partial charge in [0.05, 0.1) is 0 Å². The molecule has 0 radical (unpaired) electrons. The second kappa shape index (κ2) is 7.29. The van der Waals surface area contributed by atoms with Crippen LogP contribution in [0.5, 0.6) is 0 Å². The standard InChI is InChI=1S/C16H27N3O/c1-11(2)13(4)19(6)16(20)18-15-9-7-8-14(10-15)12(3)17-5/h7-13,17H,1-6H3,(H,18,20). The predicted octanol–water partition coefficient (Wildman–Crippen LogP) is 3.48. The van der Waals surface area contributed by atoms with E-state index in [9.17, 15) is 4.79 Å². The van der Waals surface area contributed by atoms with E-state index in [4.69, 9.17) is 0 Å². The minimum atomic E-state index is -0.0690. The number of anilines is 1. The number of nitrogens with one attached hydrogen (secondary N) is 2. The van der Waals surface area contributed by atoms with Crippen LogP contribution in [0.15, 0.2) is 24.3 Å². The molecule has 0 spiro atoms. The van der Waals surface area contributed by atoms with Crippen LogP contribution < -0.4 is 10.6 Å². The molecule has 2 N–H and O–H groups in total. The molecule has 20 heavy (non-hydrogen) atoms. The molecule has 0 heterocycles. The second-order valence-electron chi connectivity index (χ2n) is 5.66. The zero-order chi connectivity index (χ0) is 15.3. The van der Waals surface area contributed by atoms with E-state index < -0.39 is 0 Å². The van der Waals surface area contributed by atoms with Gasteiger partial charge in [0, 0.05) is 24.8 Å². The Kier molecular flexibility index (Phi) is 6.02. The van der Waals surface area contributed by atoms with E-state index in [1.165, 1.54) is 0 Å². The van der Waals surface area contributed by atoms with Crippen molar-refractivity contribution < 1.29 is 4.79 Å². The molecule has 4 nitrogen and oxygen atoms in total. The largest absolute Gasteiger partial charge is 0.325 e. The van der Waals surface area contributed by atoms with E-state index in [0.717, 1.165) is 11.3 Å². The van der Waals surface area contributed by atoms with Gasteiger partial charge in [-0.15, -0.1) is 0 Å². The van der Waals surface area contributed by atoms with Gasteiger partial charge in [0.1, 0.15) is 0 Å². The first-order chi connectivity index (χ1) is 9.36. The molecule has 0 saturated carbocycles. The van der Waals surface area contributed by atoms with Crippen LogP contribution in [-0.4, -0.2) is 31.1 Å². The summed E-state index contributed by atoms with van der Waals surface area (Å²) in [6.07, 6.45) is 0. The number of amides is 2. The number of urea groups is 1. The summed E-state index contributed by atoms with van der Waals surface area (Å²) in [5, 5.41) is 6.15. The van der Waals surface area contributed by atoms with Gasteiger partial charge in [-0.25, -0.2) is 4.79 Å². The molecule has 2 unspecified atom stereocenters. The molecule has 0 fully saturated rings. The van der Waals surface area contributed by atoms with Crippen LogP contribution in [0.2, 0.25) is 0 Å². The molecule has 0 aromatic heterocycles. The zero-order valence-electron chi connectivity index (χ0n) is 13.4. The SMILES string of the molecule is CNC(C)c1cccc(NC(=O)N(C)C(C)C(C)C)c1. The molecule has 112 valence electrons. The normalized spacial score (nSPS) is 13.9. The Morgan fingerprint density at radius 2 is 1.85 bits per heavy atom. The molecule has 2 amide bonds. The molecule has 0 aliphatic rings. The molecule has 2 atom stereocenters. The van der Waals surface area contributed by atoms with Crippen molar-refractivity contribution in [1.29, 1.82) is 0 Å². The van der Waals surface area contributed by atoms with Crippen molar-refractivity contribution in [3.05, 3.63) is 29.8 Å². The molecule has 1 aromatic carbocycles. The summed E-state index contributed by atoms with van der Waals surface area (Å²) in [5.41, 5.74) is 1.99. The predicted molar refractivity (Wildman–Crippen MR) is 85.0 cm³/mol. The average Bonchev–Trinajstić information content (AvgIpc) is 2.44. The maximum atomic E-state index is 12.2. The highest BCUT2D eigenvalue weighted by molar-refractivity contribution is 5.89. The lowest BCUT2D eigenvalue weighted by atomic mass is 10.1. The minimum Gasteiger partial charge on any atom is -0.325 e. The molecule has 0 saturated heterocycles. The molecule has 1 aromatic rings. The summed E-state index contributed by atoms with van der Waals surface area (Å²) in [4.78, 5) is 14.0. The van der Waals surface area contributed by atoms with Gasteiger partial charge in [0.25, 0.3) is 0 Å². The maximum absolute atomic E-state index is 12.2. The van der Waals surface area contributed by atoms with E-state index in [2.05, 4.69) is 44.4 Å². The van der Waals surface area contributed by atoms with Crippen molar-refractivity contribution in [1.82, 2.24) is 10.2 Å². The van der Waals surface area contributed by atoms with Gasteiger partial charge in [-0.2, -0.15) is 0 Å².